The maximum absolute atomic E-state index is 4.49. The summed E-state index contributed by atoms with van der Waals surface area (Å²) < 4.78 is 3.85. The summed E-state index contributed by atoms with van der Waals surface area (Å²) in [5.41, 5.74) is 1.98. The van der Waals surface area contributed by atoms with Crippen LogP contribution in [-0.4, -0.2) is 37.7 Å². The van der Waals surface area contributed by atoms with E-state index in [1.54, 1.807) is 6.20 Å². The SMILES string of the molecule is CNc1cn2ccnc2c(NCCn2cc(C)cn2)n1. The highest BCUT2D eigenvalue weighted by Crippen LogP contribution is 2.15. The van der Waals surface area contributed by atoms with Gasteiger partial charge in [0.1, 0.15) is 5.82 Å². The third kappa shape index (κ3) is 2.42. The summed E-state index contributed by atoms with van der Waals surface area (Å²) in [6.45, 7) is 3.55. The number of nitrogens with zero attached hydrogens (tertiary/aromatic N) is 5. The van der Waals surface area contributed by atoms with Gasteiger partial charge in [-0.15, -0.1) is 0 Å². The fourth-order valence-corrected chi connectivity index (χ4v) is 2.05. The molecule has 20 heavy (non-hydrogen) atoms. The lowest BCUT2D eigenvalue weighted by Crippen LogP contribution is -2.13. The molecule has 0 saturated heterocycles. The van der Waals surface area contributed by atoms with Crippen LogP contribution in [0.5, 0.6) is 0 Å². The van der Waals surface area contributed by atoms with Crippen molar-refractivity contribution in [2.75, 3.05) is 24.2 Å². The molecule has 0 aromatic carbocycles. The van der Waals surface area contributed by atoms with Gasteiger partial charge in [0, 0.05) is 32.2 Å². The summed E-state index contributed by atoms with van der Waals surface area (Å²) in [6.07, 6.45) is 9.44. The molecule has 7 heteroatoms. The zero-order chi connectivity index (χ0) is 13.9. The van der Waals surface area contributed by atoms with Crippen LogP contribution < -0.4 is 10.6 Å². The van der Waals surface area contributed by atoms with Crippen molar-refractivity contribution < 1.29 is 0 Å². The second kappa shape index (κ2) is 5.20. The maximum atomic E-state index is 4.49. The van der Waals surface area contributed by atoms with E-state index in [4.69, 9.17) is 0 Å². The molecule has 0 spiro atoms. The molecule has 0 amide bonds. The van der Waals surface area contributed by atoms with E-state index in [0.29, 0.717) is 0 Å². The first-order valence-corrected chi connectivity index (χ1v) is 6.50. The molecular formula is C13H17N7. The number of nitrogens with one attached hydrogen (secondary N) is 2. The third-order valence-electron chi connectivity index (χ3n) is 3.03. The minimum absolute atomic E-state index is 0.740. The molecule has 7 nitrogen and oxygen atoms in total. The predicted molar refractivity (Wildman–Crippen MR) is 78.0 cm³/mol. The first-order chi connectivity index (χ1) is 9.76. The quantitative estimate of drug-likeness (QED) is 0.733. The first kappa shape index (κ1) is 12.5. The fourth-order valence-electron chi connectivity index (χ4n) is 2.05. The molecule has 3 aromatic heterocycles. The summed E-state index contributed by atoms with van der Waals surface area (Å²) in [5.74, 6) is 1.57. The normalized spacial score (nSPS) is 10.9. The largest absolute Gasteiger partial charge is 0.372 e. The van der Waals surface area contributed by atoms with E-state index in [0.717, 1.165) is 35.9 Å². The number of rotatable bonds is 5. The second-order valence-electron chi connectivity index (χ2n) is 4.59. The van der Waals surface area contributed by atoms with E-state index in [1.807, 2.05) is 47.8 Å². The van der Waals surface area contributed by atoms with Crippen LogP contribution in [0, 0.1) is 6.92 Å². The van der Waals surface area contributed by atoms with Crippen molar-refractivity contribution in [3.05, 3.63) is 36.5 Å². The van der Waals surface area contributed by atoms with Crippen LogP contribution in [0.2, 0.25) is 0 Å². The fraction of sp³-hybridized carbons (Fsp3) is 0.308. The topological polar surface area (TPSA) is 72.1 Å². The molecule has 3 aromatic rings. The Labute approximate surface area is 116 Å². The van der Waals surface area contributed by atoms with Crippen LogP contribution in [0.3, 0.4) is 0 Å². The number of anilines is 2. The number of hydrogen-bond donors (Lipinski definition) is 2. The van der Waals surface area contributed by atoms with Crippen molar-refractivity contribution in [3.8, 4) is 0 Å². The van der Waals surface area contributed by atoms with Gasteiger partial charge in [0.15, 0.2) is 11.5 Å². The Morgan fingerprint density at radius 1 is 1.30 bits per heavy atom. The average Bonchev–Trinajstić information content (AvgIpc) is 3.07. The monoisotopic (exact) mass is 271 g/mol. The average molecular weight is 271 g/mol. The number of fused-ring (bicyclic) bond motifs is 1. The predicted octanol–water partition coefficient (Wildman–Crippen LogP) is 1.39. The number of aromatic nitrogens is 5. The lowest BCUT2D eigenvalue weighted by molar-refractivity contribution is 0.637. The second-order valence-corrected chi connectivity index (χ2v) is 4.59. The minimum Gasteiger partial charge on any atom is -0.372 e. The minimum atomic E-state index is 0.740. The number of aryl methyl sites for hydroxylation is 1. The molecule has 0 aliphatic heterocycles. The van der Waals surface area contributed by atoms with Gasteiger partial charge in [-0.05, 0) is 12.5 Å². The van der Waals surface area contributed by atoms with Gasteiger partial charge in [-0.2, -0.15) is 5.10 Å². The van der Waals surface area contributed by atoms with Crippen molar-refractivity contribution in [3.63, 3.8) is 0 Å². The van der Waals surface area contributed by atoms with Crippen molar-refractivity contribution in [2.24, 2.45) is 0 Å². The summed E-state index contributed by atoms with van der Waals surface area (Å²) in [7, 11) is 1.85. The van der Waals surface area contributed by atoms with E-state index < -0.39 is 0 Å². The Hall–Kier alpha value is -2.57. The van der Waals surface area contributed by atoms with Crippen molar-refractivity contribution >= 4 is 17.3 Å². The van der Waals surface area contributed by atoms with Gasteiger partial charge < -0.3 is 15.0 Å². The summed E-state index contributed by atoms with van der Waals surface area (Å²) in [5, 5.41) is 10.6. The molecule has 0 aliphatic carbocycles. The van der Waals surface area contributed by atoms with Gasteiger partial charge >= 0.3 is 0 Å². The van der Waals surface area contributed by atoms with Crippen LogP contribution >= 0.6 is 0 Å². The Bertz CT molecular complexity index is 712. The van der Waals surface area contributed by atoms with E-state index in [9.17, 15) is 0 Å². The van der Waals surface area contributed by atoms with Crippen molar-refractivity contribution in [1.29, 1.82) is 0 Å². The molecule has 3 rings (SSSR count). The summed E-state index contributed by atoms with van der Waals surface area (Å²) >= 11 is 0. The number of hydrogen-bond acceptors (Lipinski definition) is 5. The van der Waals surface area contributed by atoms with Gasteiger partial charge in [-0.3, -0.25) is 4.68 Å². The van der Waals surface area contributed by atoms with E-state index in [1.165, 1.54) is 0 Å². The highest BCUT2D eigenvalue weighted by Gasteiger charge is 2.06. The van der Waals surface area contributed by atoms with E-state index in [-0.39, 0.29) is 0 Å². The highest BCUT2D eigenvalue weighted by atomic mass is 15.3. The maximum Gasteiger partial charge on any atom is 0.180 e. The van der Waals surface area contributed by atoms with Crippen LogP contribution in [0.25, 0.3) is 5.65 Å². The summed E-state index contributed by atoms with van der Waals surface area (Å²) in [4.78, 5) is 8.80. The molecule has 0 fully saturated rings. The Morgan fingerprint density at radius 3 is 2.95 bits per heavy atom. The smallest absolute Gasteiger partial charge is 0.180 e. The van der Waals surface area contributed by atoms with Gasteiger partial charge in [0.2, 0.25) is 0 Å². The van der Waals surface area contributed by atoms with Crippen LogP contribution in [-0.2, 0) is 6.54 Å². The Morgan fingerprint density at radius 2 is 2.20 bits per heavy atom. The lowest BCUT2D eigenvalue weighted by atomic mass is 10.4. The molecule has 0 unspecified atom stereocenters. The van der Waals surface area contributed by atoms with Gasteiger partial charge in [0.25, 0.3) is 0 Å². The third-order valence-corrected chi connectivity index (χ3v) is 3.03. The standard InChI is InChI=1S/C13H17N7/c1-10-7-17-20(8-10)6-4-15-12-13-16-3-5-19(13)9-11(14-2)18-12/h3,5,7-9,14H,4,6H2,1-2H3,(H,15,18). The molecule has 0 radical (unpaired) electrons. The molecule has 0 saturated carbocycles. The molecule has 104 valence electrons. The van der Waals surface area contributed by atoms with Gasteiger partial charge in [0.05, 0.1) is 18.9 Å². The van der Waals surface area contributed by atoms with Gasteiger partial charge in [-0.25, -0.2) is 9.97 Å². The van der Waals surface area contributed by atoms with Crippen LogP contribution in [0.4, 0.5) is 11.6 Å². The first-order valence-electron chi connectivity index (χ1n) is 6.50. The van der Waals surface area contributed by atoms with Crippen molar-refractivity contribution in [2.45, 2.75) is 13.5 Å². The molecule has 0 bridgehead atoms. The van der Waals surface area contributed by atoms with E-state index in [2.05, 4.69) is 25.7 Å². The lowest BCUT2D eigenvalue weighted by Gasteiger charge is -2.09. The highest BCUT2D eigenvalue weighted by molar-refractivity contribution is 5.65. The molecule has 2 N–H and O–H groups in total. The molecular weight excluding hydrogens is 254 g/mol. The summed E-state index contributed by atoms with van der Waals surface area (Å²) in [6, 6.07) is 0. The number of imidazole rings is 1. The van der Waals surface area contributed by atoms with Crippen molar-refractivity contribution in [1.82, 2.24) is 24.1 Å². The van der Waals surface area contributed by atoms with Crippen LogP contribution in [0.1, 0.15) is 5.56 Å². The zero-order valence-electron chi connectivity index (χ0n) is 11.5. The Kier molecular flexibility index (Phi) is 3.24. The van der Waals surface area contributed by atoms with E-state index >= 15 is 0 Å². The molecule has 0 aliphatic rings. The van der Waals surface area contributed by atoms with Crippen LogP contribution in [0.15, 0.2) is 31.0 Å². The zero-order valence-corrected chi connectivity index (χ0v) is 11.5. The Balaban J connectivity index is 1.74. The molecule has 0 atom stereocenters. The molecule has 3 heterocycles. The van der Waals surface area contributed by atoms with Gasteiger partial charge in [-0.1, -0.05) is 0 Å².